The van der Waals surface area contributed by atoms with Crippen molar-refractivity contribution >= 4 is 21.6 Å². The van der Waals surface area contributed by atoms with E-state index in [2.05, 4.69) is 0 Å². The first-order valence-corrected chi connectivity index (χ1v) is 12.6. The monoisotopic (exact) mass is 555 g/mol. The van der Waals surface area contributed by atoms with Crippen LogP contribution in [0.5, 0.6) is 0 Å². The third kappa shape index (κ3) is 3.74. The van der Waals surface area contributed by atoms with Crippen LogP contribution in [0.4, 0.5) is 32.0 Å². The zero-order valence-corrected chi connectivity index (χ0v) is 19.6. The van der Waals surface area contributed by atoms with Crippen molar-refractivity contribution in [2.24, 2.45) is 11.8 Å². The largest absolute Gasteiger partial charge is 0.417 e. The van der Waals surface area contributed by atoms with Crippen LogP contribution in [0, 0.1) is 23.2 Å². The van der Waals surface area contributed by atoms with Crippen LogP contribution in [-0.2, 0) is 30.5 Å². The van der Waals surface area contributed by atoms with Crippen LogP contribution in [0.15, 0.2) is 18.2 Å². The number of benzene rings is 1. The molecule has 4 aliphatic rings. The summed E-state index contributed by atoms with van der Waals surface area (Å²) < 4.78 is 117. The van der Waals surface area contributed by atoms with Crippen molar-refractivity contribution in [1.29, 1.82) is 5.26 Å². The molecule has 4 aliphatic heterocycles. The molecule has 4 saturated heterocycles. The molecule has 2 bridgehead atoms. The second-order valence-corrected chi connectivity index (χ2v) is 11.5. The van der Waals surface area contributed by atoms with Gasteiger partial charge in [0.25, 0.3) is 0 Å². The molecule has 9 nitrogen and oxygen atoms in total. The lowest BCUT2D eigenvalue weighted by molar-refractivity contribution is -0.164. The number of alkyl halides is 6. The Bertz CT molecular complexity index is 1310. The fraction of sp³-hybridized carbons (Fsp3) is 0.619. The smallest absolute Gasteiger partial charge is 0.388 e. The van der Waals surface area contributed by atoms with E-state index < -0.39 is 86.6 Å². The number of halogens is 6. The summed E-state index contributed by atoms with van der Waals surface area (Å²) >= 11 is 0. The molecule has 5 rings (SSSR count). The number of hydrogen-bond donors (Lipinski definition) is 2. The molecule has 1 spiro atoms. The first-order chi connectivity index (χ1) is 17.0. The van der Waals surface area contributed by atoms with Gasteiger partial charge in [-0.05, 0) is 25.1 Å². The van der Waals surface area contributed by atoms with E-state index in [0.29, 0.717) is 6.07 Å². The van der Waals surface area contributed by atoms with Gasteiger partial charge in [0.2, 0.25) is 15.9 Å². The number of anilines is 1. The molecule has 0 aromatic heterocycles. The van der Waals surface area contributed by atoms with E-state index in [4.69, 9.17) is 14.7 Å². The van der Waals surface area contributed by atoms with Crippen LogP contribution < -0.4 is 9.62 Å². The van der Waals surface area contributed by atoms with E-state index in [9.17, 15) is 44.7 Å². The van der Waals surface area contributed by atoms with E-state index >= 15 is 0 Å². The summed E-state index contributed by atoms with van der Waals surface area (Å²) in [5.74, 6) is -5.25. The summed E-state index contributed by atoms with van der Waals surface area (Å²) in [4.78, 5) is 14.6. The highest BCUT2D eigenvalue weighted by molar-refractivity contribution is 7.89. The number of amides is 1. The Kier molecular flexibility index (Phi) is 5.51. The van der Waals surface area contributed by atoms with Crippen molar-refractivity contribution in [3.8, 4) is 6.07 Å². The van der Waals surface area contributed by atoms with Gasteiger partial charge in [0.15, 0.2) is 5.75 Å². The molecule has 0 saturated carbocycles. The topological polar surface area (TPSA) is 129 Å². The minimum atomic E-state index is -5.08. The maximum atomic E-state index is 13.7. The number of carbonyl (C=O) groups is 1. The predicted molar refractivity (Wildman–Crippen MR) is 110 cm³/mol. The molecule has 1 aromatic rings. The Morgan fingerprint density at radius 1 is 1.27 bits per heavy atom. The zero-order chi connectivity index (χ0) is 27.3. The number of hydrogen-bond acceptors (Lipinski definition) is 7. The molecule has 202 valence electrons. The highest BCUT2D eigenvalue weighted by atomic mass is 32.2. The van der Waals surface area contributed by atoms with Gasteiger partial charge in [0.1, 0.15) is 17.9 Å². The second-order valence-electron chi connectivity index (χ2n) is 9.72. The summed E-state index contributed by atoms with van der Waals surface area (Å²) in [6, 6.07) is 2.44. The molecule has 2 N–H and O–H groups in total. The summed E-state index contributed by atoms with van der Waals surface area (Å²) in [5.41, 5.74) is -5.64. The fourth-order valence-corrected chi connectivity index (χ4v) is 7.60. The van der Waals surface area contributed by atoms with Crippen molar-refractivity contribution < 1.29 is 54.1 Å². The minimum absolute atomic E-state index is 0.0405. The Balaban J connectivity index is 1.56. The lowest BCUT2D eigenvalue weighted by Crippen LogP contribution is -2.66. The predicted octanol–water partition coefficient (Wildman–Crippen LogP) is 1.65. The number of nitrogens with zero attached hydrogens (tertiary/aromatic N) is 2. The highest BCUT2D eigenvalue weighted by Gasteiger charge is 2.81. The number of nitriles is 1. The van der Waals surface area contributed by atoms with Crippen LogP contribution >= 0.6 is 0 Å². The molecule has 1 amide bonds. The lowest BCUT2D eigenvalue weighted by Gasteiger charge is -2.45. The summed E-state index contributed by atoms with van der Waals surface area (Å²) in [7, 11) is -5.02. The molecule has 4 heterocycles. The van der Waals surface area contributed by atoms with E-state index in [-0.39, 0.29) is 18.7 Å². The maximum Gasteiger partial charge on any atom is 0.417 e. The molecular weight excluding hydrogens is 536 g/mol. The number of aliphatic hydroxyl groups excluding tert-OH is 1. The summed E-state index contributed by atoms with van der Waals surface area (Å²) in [6.45, 7) is 1.13. The van der Waals surface area contributed by atoms with E-state index in [0.717, 1.165) is 17.0 Å². The Morgan fingerprint density at radius 3 is 2.54 bits per heavy atom. The third-order valence-electron chi connectivity index (χ3n) is 7.60. The zero-order valence-electron chi connectivity index (χ0n) is 18.8. The van der Waals surface area contributed by atoms with Gasteiger partial charge in [-0.2, -0.15) is 31.6 Å². The SMILES string of the molecule is C[C@]12O[C@@]3(CCO[C@H]4[C@@H]3[C@@H]1C(=O)N4c1ccc(C#N)c(C(F)(F)F)c1)[C@@H](O)[C@@H]2NS(=O)(=O)CC(F)(F)F. The first kappa shape index (κ1) is 26.2. The number of ether oxygens (including phenoxy) is 2. The third-order valence-corrected chi connectivity index (χ3v) is 8.92. The lowest BCUT2D eigenvalue weighted by atomic mass is 9.63. The minimum Gasteiger partial charge on any atom is -0.388 e. The van der Waals surface area contributed by atoms with Crippen molar-refractivity contribution in [2.45, 2.75) is 55.3 Å². The molecule has 16 heteroatoms. The molecule has 0 aliphatic carbocycles. The summed E-state index contributed by atoms with van der Waals surface area (Å²) in [6.07, 6.45) is -12.9. The van der Waals surface area contributed by atoms with E-state index in [1.807, 2.05) is 4.72 Å². The molecular formula is C21H19F6N3O6S. The van der Waals surface area contributed by atoms with Crippen LogP contribution in [0.1, 0.15) is 24.5 Å². The fourth-order valence-electron chi connectivity index (χ4n) is 6.33. The Hall–Kier alpha value is -2.45. The first-order valence-electron chi connectivity index (χ1n) is 11.0. The maximum absolute atomic E-state index is 13.7. The molecule has 0 radical (unpaired) electrons. The van der Waals surface area contributed by atoms with E-state index in [1.165, 1.54) is 13.0 Å². The molecule has 1 aromatic carbocycles. The van der Waals surface area contributed by atoms with Crippen LogP contribution in [0.2, 0.25) is 0 Å². The molecule has 37 heavy (non-hydrogen) atoms. The average Bonchev–Trinajstić information content (AvgIpc) is 3.29. The van der Waals surface area contributed by atoms with Crippen molar-refractivity contribution in [3.63, 3.8) is 0 Å². The van der Waals surface area contributed by atoms with Crippen molar-refractivity contribution in [1.82, 2.24) is 4.72 Å². The van der Waals surface area contributed by atoms with Crippen molar-refractivity contribution in [2.75, 3.05) is 17.3 Å². The highest BCUT2D eigenvalue weighted by Crippen LogP contribution is 2.65. The summed E-state index contributed by atoms with van der Waals surface area (Å²) in [5, 5.41) is 20.2. The number of sulfonamides is 1. The van der Waals surface area contributed by atoms with Gasteiger partial charge in [0.05, 0.1) is 47.3 Å². The van der Waals surface area contributed by atoms with Gasteiger partial charge in [-0.1, -0.05) is 0 Å². The van der Waals surface area contributed by atoms with Gasteiger partial charge in [-0.3, -0.25) is 9.69 Å². The number of carbonyl (C=O) groups excluding carboxylic acids is 1. The normalized spacial score (nSPS) is 37.1. The van der Waals surface area contributed by atoms with Crippen LogP contribution in [0.3, 0.4) is 0 Å². The number of nitrogens with one attached hydrogen (secondary N) is 1. The standard InChI is InChI=1S/C21H19F6N3O6S/c1-18-12-13-17(30(16(12)32)10-3-2-9(7-28)11(6-10)21(25,26)27)35-5-4-19(13,36-18)15(31)14(18)29-37(33,34)8-20(22,23)24/h2-3,6,12-15,17,29,31H,4-5,8H2,1H3/t12-,13+,14+,15+,17+,18+,19-/m1/s1. The van der Waals surface area contributed by atoms with Crippen molar-refractivity contribution in [3.05, 3.63) is 29.3 Å². The molecule has 7 atom stereocenters. The number of rotatable bonds is 4. The number of aliphatic hydroxyl groups is 1. The van der Waals surface area contributed by atoms with Crippen LogP contribution in [0.25, 0.3) is 0 Å². The van der Waals surface area contributed by atoms with Gasteiger partial charge in [-0.25, -0.2) is 13.1 Å². The van der Waals surface area contributed by atoms with Gasteiger partial charge >= 0.3 is 12.4 Å². The second kappa shape index (κ2) is 7.79. The van der Waals surface area contributed by atoms with Gasteiger partial charge in [0, 0.05) is 12.1 Å². The van der Waals surface area contributed by atoms with Crippen LogP contribution in [-0.4, -0.2) is 67.5 Å². The average molecular weight is 555 g/mol. The molecule has 4 fully saturated rings. The van der Waals surface area contributed by atoms with Gasteiger partial charge < -0.3 is 14.6 Å². The molecule has 0 unspecified atom stereocenters. The number of fused-ring (bicyclic) bond motifs is 2. The Labute approximate surface area is 206 Å². The van der Waals surface area contributed by atoms with Gasteiger partial charge in [-0.15, -0.1) is 0 Å². The Morgan fingerprint density at radius 2 is 1.95 bits per heavy atom. The quantitative estimate of drug-likeness (QED) is 0.541. The van der Waals surface area contributed by atoms with E-state index in [1.54, 1.807) is 0 Å².